The second-order valence-corrected chi connectivity index (χ2v) is 3.47. The van der Waals surface area contributed by atoms with Gasteiger partial charge < -0.3 is 0 Å². The Balaban J connectivity index is 3.04. The Morgan fingerprint density at radius 2 is 2.20 bits per heavy atom. The number of rotatable bonds is 1. The van der Waals surface area contributed by atoms with Gasteiger partial charge >= 0.3 is 73.5 Å². The SMILES string of the molecule is OCc1ccc([SeH])c(S)c1. The number of thiol groups is 1. The number of benzene rings is 1. The van der Waals surface area contributed by atoms with Crippen molar-refractivity contribution in [3.05, 3.63) is 23.8 Å². The summed E-state index contributed by atoms with van der Waals surface area (Å²) < 4.78 is 1.08. The fourth-order valence-electron chi connectivity index (χ4n) is 0.667. The van der Waals surface area contributed by atoms with Crippen LogP contribution in [-0.2, 0) is 6.61 Å². The molecule has 0 amide bonds. The Kier molecular flexibility index (Phi) is 2.81. The van der Waals surface area contributed by atoms with Crippen molar-refractivity contribution in [1.29, 1.82) is 0 Å². The van der Waals surface area contributed by atoms with E-state index in [1.165, 1.54) is 0 Å². The summed E-state index contributed by atoms with van der Waals surface area (Å²) in [6.45, 7) is 0.0842. The molecule has 0 spiro atoms. The van der Waals surface area contributed by atoms with Crippen molar-refractivity contribution < 1.29 is 5.11 Å². The molecule has 1 aromatic rings. The summed E-state index contributed by atoms with van der Waals surface area (Å²) in [5, 5.41) is 8.71. The first-order chi connectivity index (χ1) is 4.74. The summed E-state index contributed by atoms with van der Waals surface area (Å²) in [7, 11) is 0. The minimum atomic E-state index is 0.0842. The summed E-state index contributed by atoms with van der Waals surface area (Å²) in [6, 6.07) is 5.66. The molecule has 0 heterocycles. The summed E-state index contributed by atoms with van der Waals surface area (Å²) in [5.41, 5.74) is 0.903. The first-order valence-corrected chi connectivity index (χ1v) is 4.24. The molecule has 54 valence electrons. The maximum atomic E-state index is 8.71. The van der Waals surface area contributed by atoms with Crippen molar-refractivity contribution >= 4 is 33.1 Å². The summed E-state index contributed by atoms with van der Waals surface area (Å²) in [4.78, 5) is 0.909. The van der Waals surface area contributed by atoms with Crippen molar-refractivity contribution in [3.63, 3.8) is 0 Å². The van der Waals surface area contributed by atoms with E-state index >= 15 is 0 Å². The standard InChI is InChI=1S/C7H8OSSe/c8-4-5-1-2-7(10)6(9)3-5/h1-3,8-10H,4H2. The van der Waals surface area contributed by atoms with E-state index in [1.54, 1.807) is 0 Å². The molecule has 0 fully saturated rings. The van der Waals surface area contributed by atoms with Crippen LogP contribution < -0.4 is 4.46 Å². The van der Waals surface area contributed by atoms with Crippen LogP contribution in [0.4, 0.5) is 0 Å². The molecule has 0 saturated heterocycles. The number of hydrogen-bond donors (Lipinski definition) is 2. The second-order valence-electron chi connectivity index (χ2n) is 1.98. The molecule has 0 unspecified atom stereocenters. The zero-order valence-corrected chi connectivity index (χ0v) is 8.05. The predicted molar refractivity (Wildman–Crippen MR) is 46.4 cm³/mol. The molecule has 0 aromatic heterocycles. The van der Waals surface area contributed by atoms with E-state index < -0.39 is 0 Å². The third-order valence-corrected chi connectivity index (χ3v) is 2.79. The van der Waals surface area contributed by atoms with Crippen LogP contribution in [0, 0.1) is 0 Å². The average Bonchev–Trinajstić information content (AvgIpc) is 1.95. The van der Waals surface area contributed by atoms with Crippen LogP contribution in [0.25, 0.3) is 0 Å². The Morgan fingerprint density at radius 3 is 2.70 bits per heavy atom. The van der Waals surface area contributed by atoms with Crippen LogP contribution in [0.1, 0.15) is 5.56 Å². The Bertz CT molecular complexity index is 237. The van der Waals surface area contributed by atoms with Crippen LogP contribution in [0.15, 0.2) is 23.1 Å². The minimum absolute atomic E-state index is 0.0842. The third kappa shape index (κ3) is 1.77. The monoisotopic (exact) mass is 220 g/mol. The van der Waals surface area contributed by atoms with Crippen LogP contribution in [0.3, 0.4) is 0 Å². The molecule has 3 heteroatoms. The number of aliphatic hydroxyl groups excluding tert-OH is 1. The fourth-order valence-corrected chi connectivity index (χ4v) is 1.20. The van der Waals surface area contributed by atoms with Gasteiger partial charge in [0.05, 0.1) is 0 Å². The Labute approximate surface area is 73.7 Å². The van der Waals surface area contributed by atoms with E-state index in [-0.39, 0.29) is 6.61 Å². The van der Waals surface area contributed by atoms with Crippen LogP contribution in [0.2, 0.25) is 0 Å². The van der Waals surface area contributed by atoms with Gasteiger partial charge in [-0.15, -0.1) is 0 Å². The zero-order chi connectivity index (χ0) is 7.56. The van der Waals surface area contributed by atoms with Gasteiger partial charge in [0.15, 0.2) is 0 Å². The van der Waals surface area contributed by atoms with Crippen molar-refractivity contribution in [3.8, 4) is 0 Å². The van der Waals surface area contributed by atoms with Crippen molar-refractivity contribution in [2.75, 3.05) is 0 Å². The van der Waals surface area contributed by atoms with Gasteiger partial charge in [-0.1, -0.05) is 0 Å². The van der Waals surface area contributed by atoms with E-state index in [1.807, 2.05) is 18.2 Å². The van der Waals surface area contributed by atoms with Crippen LogP contribution in [-0.4, -0.2) is 21.1 Å². The molecule has 0 bridgehead atoms. The van der Waals surface area contributed by atoms with Gasteiger partial charge in [-0.3, -0.25) is 0 Å². The third-order valence-electron chi connectivity index (χ3n) is 1.22. The average molecular weight is 219 g/mol. The molecular weight excluding hydrogens is 211 g/mol. The maximum absolute atomic E-state index is 8.71. The van der Waals surface area contributed by atoms with E-state index in [9.17, 15) is 0 Å². The topological polar surface area (TPSA) is 20.2 Å². The van der Waals surface area contributed by atoms with E-state index in [4.69, 9.17) is 5.11 Å². The van der Waals surface area contributed by atoms with Gasteiger partial charge in [-0.05, 0) is 0 Å². The predicted octanol–water partition coefficient (Wildman–Crippen LogP) is -0.00630. The quantitative estimate of drug-likeness (QED) is 0.503. The summed E-state index contributed by atoms with van der Waals surface area (Å²) >= 11 is 6.62. The van der Waals surface area contributed by atoms with E-state index in [2.05, 4.69) is 28.6 Å². The molecule has 0 aliphatic rings. The van der Waals surface area contributed by atoms with Gasteiger partial charge in [0.25, 0.3) is 0 Å². The molecule has 0 aliphatic heterocycles. The van der Waals surface area contributed by atoms with Gasteiger partial charge in [-0.25, -0.2) is 0 Å². The Hall–Kier alpha value is 0.0495. The summed E-state index contributed by atoms with van der Waals surface area (Å²) in [6.07, 6.45) is 0. The van der Waals surface area contributed by atoms with Crippen LogP contribution in [0.5, 0.6) is 0 Å². The first-order valence-electron chi connectivity index (χ1n) is 2.86. The molecule has 0 radical (unpaired) electrons. The molecule has 0 saturated carbocycles. The number of hydrogen-bond acceptors (Lipinski definition) is 2. The molecule has 0 atom stereocenters. The fraction of sp³-hybridized carbons (Fsp3) is 0.143. The molecule has 1 aromatic carbocycles. The normalized spacial score (nSPS) is 9.90. The molecule has 1 rings (SSSR count). The van der Waals surface area contributed by atoms with E-state index in [0.717, 1.165) is 14.9 Å². The van der Waals surface area contributed by atoms with Gasteiger partial charge in [-0.2, -0.15) is 0 Å². The molecule has 0 aliphatic carbocycles. The van der Waals surface area contributed by atoms with Crippen molar-refractivity contribution in [2.24, 2.45) is 0 Å². The molecular formula is C7H8OSSe. The van der Waals surface area contributed by atoms with E-state index in [0.29, 0.717) is 0 Å². The molecule has 10 heavy (non-hydrogen) atoms. The van der Waals surface area contributed by atoms with Crippen molar-refractivity contribution in [1.82, 2.24) is 0 Å². The first kappa shape index (κ1) is 8.15. The molecule has 1 nitrogen and oxygen atoms in total. The summed E-state index contributed by atoms with van der Waals surface area (Å²) in [5.74, 6) is 0. The Morgan fingerprint density at radius 1 is 1.50 bits per heavy atom. The van der Waals surface area contributed by atoms with Gasteiger partial charge in [0, 0.05) is 0 Å². The second kappa shape index (κ2) is 3.44. The van der Waals surface area contributed by atoms with Gasteiger partial charge in [0.2, 0.25) is 0 Å². The number of aliphatic hydroxyl groups is 1. The zero-order valence-electron chi connectivity index (χ0n) is 5.28. The van der Waals surface area contributed by atoms with Gasteiger partial charge in [0.1, 0.15) is 0 Å². The molecule has 1 N–H and O–H groups in total. The van der Waals surface area contributed by atoms with Crippen LogP contribution >= 0.6 is 12.6 Å². The van der Waals surface area contributed by atoms with Crippen molar-refractivity contribution in [2.45, 2.75) is 11.5 Å².